The lowest BCUT2D eigenvalue weighted by Crippen LogP contribution is -2.30. The lowest BCUT2D eigenvalue weighted by atomic mass is 10.1. The van der Waals surface area contributed by atoms with Crippen molar-refractivity contribution in [2.75, 3.05) is 23.3 Å². The minimum absolute atomic E-state index is 0.184. The second kappa shape index (κ2) is 7.17. The van der Waals surface area contributed by atoms with E-state index in [2.05, 4.69) is 10.2 Å². The maximum absolute atomic E-state index is 12.5. The Morgan fingerprint density at radius 3 is 2.42 bits per heavy atom. The van der Waals surface area contributed by atoms with Gasteiger partial charge in [0.15, 0.2) is 0 Å². The number of benzene rings is 2. The number of carbonyl (C=O) groups excluding carboxylic acids is 2. The molecular weight excluding hydrogens is 304 g/mol. The molecule has 2 aromatic rings. The van der Waals surface area contributed by atoms with E-state index in [0.29, 0.717) is 16.8 Å². The molecule has 5 nitrogen and oxygen atoms in total. The molecule has 0 aromatic heterocycles. The first-order valence-corrected chi connectivity index (χ1v) is 8.12. The molecule has 2 aromatic carbocycles. The van der Waals surface area contributed by atoms with Crippen molar-refractivity contribution < 1.29 is 14.7 Å². The first-order chi connectivity index (χ1) is 11.7. The molecule has 1 aliphatic rings. The van der Waals surface area contributed by atoms with E-state index < -0.39 is 0 Å². The molecule has 24 heavy (non-hydrogen) atoms. The van der Waals surface area contributed by atoms with Gasteiger partial charge in [0.2, 0.25) is 0 Å². The second-order valence-corrected chi connectivity index (χ2v) is 5.94. The number of rotatable bonds is 4. The van der Waals surface area contributed by atoms with E-state index in [1.165, 1.54) is 6.42 Å². The number of phenolic OH excluding ortho intramolecular Hbond substituents is 1. The van der Waals surface area contributed by atoms with Crippen molar-refractivity contribution in [1.82, 2.24) is 0 Å². The number of carbonyl (C=O) groups is 2. The van der Waals surface area contributed by atoms with Crippen molar-refractivity contribution in [2.45, 2.75) is 19.3 Å². The Morgan fingerprint density at radius 1 is 1.04 bits per heavy atom. The fourth-order valence-corrected chi connectivity index (χ4v) is 2.93. The van der Waals surface area contributed by atoms with Crippen LogP contribution < -0.4 is 10.2 Å². The van der Waals surface area contributed by atoms with Crippen molar-refractivity contribution in [3.05, 3.63) is 53.6 Å². The molecule has 5 heteroatoms. The van der Waals surface area contributed by atoms with Gasteiger partial charge >= 0.3 is 0 Å². The molecule has 1 aliphatic heterocycles. The summed E-state index contributed by atoms with van der Waals surface area (Å²) in [4.78, 5) is 25.3. The van der Waals surface area contributed by atoms with Gasteiger partial charge in [-0.25, -0.2) is 0 Å². The summed E-state index contributed by atoms with van der Waals surface area (Å²) in [5.41, 5.74) is 2.54. The Bertz CT molecular complexity index is 735. The molecule has 3 rings (SSSR count). The van der Waals surface area contributed by atoms with Crippen LogP contribution >= 0.6 is 0 Å². The number of hydrogen-bond donors (Lipinski definition) is 2. The topological polar surface area (TPSA) is 69.6 Å². The number of phenols is 1. The third-order valence-corrected chi connectivity index (χ3v) is 4.24. The molecule has 0 atom stereocenters. The zero-order valence-electron chi connectivity index (χ0n) is 13.4. The molecule has 1 saturated heterocycles. The normalized spacial score (nSPS) is 14.2. The predicted molar refractivity (Wildman–Crippen MR) is 94.0 cm³/mol. The van der Waals surface area contributed by atoms with E-state index in [9.17, 15) is 14.7 Å². The molecule has 1 amide bonds. The van der Waals surface area contributed by atoms with E-state index in [1.807, 2.05) is 0 Å². The average molecular weight is 324 g/mol. The highest BCUT2D eigenvalue weighted by atomic mass is 16.3. The lowest BCUT2D eigenvalue weighted by Gasteiger charge is -2.30. The van der Waals surface area contributed by atoms with Crippen LogP contribution in [0.1, 0.15) is 40.0 Å². The standard InChI is InChI=1S/C19H20N2O3/c22-13-14-4-6-15(7-5-14)19(24)20-17-9-8-16(23)12-18(17)21-10-2-1-3-11-21/h4-9,12-13,23H,1-3,10-11H2,(H,20,24). The summed E-state index contributed by atoms with van der Waals surface area (Å²) in [7, 11) is 0. The van der Waals surface area contributed by atoms with Crippen molar-refractivity contribution in [3.8, 4) is 5.75 Å². The van der Waals surface area contributed by atoms with Crippen LogP contribution in [0.4, 0.5) is 11.4 Å². The number of aldehydes is 1. The van der Waals surface area contributed by atoms with Gasteiger partial charge in [0, 0.05) is 30.3 Å². The van der Waals surface area contributed by atoms with E-state index in [-0.39, 0.29) is 11.7 Å². The largest absolute Gasteiger partial charge is 0.508 e. The predicted octanol–water partition coefficient (Wildman–Crippen LogP) is 3.45. The summed E-state index contributed by atoms with van der Waals surface area (Å²) in [5.74, 6) is -0.0553. The zero-order chi connectivity index (χ0) is 16.9. The van der Waals surface area contributed by atoms with Crippen molar-refractivity contribution in [1.29, 1.82) is 0 Å². The maximum atomic E-state index is 12.5. The molecule has 0 bridgehead atoms. The fraction of sp³-hybridized carbons (Fsp3) is 0.263. The van der Waals surface area contributed by atoms with Gasteiger partial charge in [0.05, 0.1) is 11.4 Å². The first-order valence-electron chi connectivity index (χ1n) is 8.12. The molecule has 0 radical (unpaired) electrons. The number of anilines is 2. The minimum atomic E-state index is -0.239. The molecule has 0 spiro atoms. The van der Waals surface area contributed by atoms with E-state index in [0.717, 1.165) is 37.9 Å². The highest BCUT2D eigenvalue weighted by molar-refractivity contribution is 6.06. The SMILES string of the molecule is O=Cc1ccc(C(=O)Nc2ccc(O)cc2N2CCCCC2)cc1. The number of piperidine rings is 1. The van der Waals surface area contributed by atoms with Gasteiger partial charge in [-0.15, -0.1) is 0 Å². The monoisotopic (exact) mass is 324 g/mol. The van der Waals surface area contributed by atoms with Crippen LogP contribution in [0.25, 0.3) is 0 Å². The Hall–Kier alpha value is -2.82. The summed E-state index contributed by atoms with van der Waals surface area (Å²) >= 11 is 0. The zero-order valence-corrected chi connectivity index (χ0v) is 13.4. The van der Waals surface area contributed by atoms with Gasteiger partial charge < -0.3 is 15.3 Å². The van der Waals surface area contributed by atoms with Gasteiger partial charge in [0.25, 0.3) is 5.91 Å². The summed E-state index contributed by atoms with van der Waals surface area (Å²) in [6.07, 6.45) is 4.17. The molecule has 0 unspecified atom stereocenters. The van der Waals surface area contributed by atoms with Crippen LogP contribution in [-0.4, -0.2) is 30.4 Å². The molecule has 1 fully saturated rings. The van der Waals surface area contributed by atoms with E-state index in [1.54, 1.807) is 42.5 Å². The van der Waals surface area contributed by atoms with Crippen LogP contribution in [0.5, 0.6) is 5.75 Å². The highest BCUT2D eigenvalue weighted by Crippen LogP contribution is 2.32. The van der Waals surface area contributed by atoms with Gasteiger partial charge in [0.1, 0.15) is 12.0 Å². The molecule has 124 valence electrons. The van der Waals surface area contributed by atoms with Crippen LogP contribution in [0.15, 0.2) is 42.5 Å². The minimum Gasteiger partial charge on any atom is -0.508 e. The molecule has 0 aliphatic carbocycles. The van der Waals surface area contributed by atoms with E-state index in [4.69, 9.17) is 0 Å². The molecule has 1 heterocycles. The van der Waals surface area contributed by atoms with Crippen molar-refractivity contribution in [2.24, 2.45) is 0 Å². The fourth-order valence-electron chi connectivity index (χ4n) is 2.93. The van der Waals surface area contributed by atoms with Crippen LogP contribution in [0, 0.1) is 0 Å². The first kappa shape index (κ1) is 16.1. The molecular formula is C19H20N2O3. The summed E-state index contributed by atoms with van der Waals surface area (Å²) < 4.78 is 0. The Labute approximate surface area is 140 Å². The average Bonchev–Trinajstić information content (AvgIpc) is 2.64. The number of nitrogens with zero attached hydrogens (tertiary/aromatic N) is 1. The third-order valence-electron chi connectivity index (χ3n) is 4.24. The molecule has 0 saturated carbocycles. The van der Waals surface area contributed by atoms with Gasteiger partial charge in [-0.05, 0) is 43.5 Å². The lowest BCUT2D eigenvalue weighted by molar-refractivity contribution is 0.102. The highest BCUT2D eigenvalue weighted by Gasteiger charge is 2.17. The van der Waals surface area contributed by atoms with Crippen LogP contribution in [-0.2, 0) is 0 Å². The Kier molecular flexibility index (Phi) is 4.79. The van der Waals surface area contributed by atoms with Gasteiger partial charge in [-0.1, -0.05) is 12.1 Å². The Morgan fingerprint density at radius 2 is 1.75 bits per heavy atom. The summed E-state index contributed by atoms with van der Waals surface area (Å²) in [6, 6.07) is 11.5. The number of amides is 1. The van der Waals surface area contributed by atoms with Crippen molar-refractivity contribution >= 4 is 23.6 Å². The van der Waals surface area contributed by atoms with Gasteiger partial charge in [-0.3, -0.25) is 9.59 Å². The number of aromatic hydroxyl groups is 1. The third kappa shape index (κ3) is 3.56. The number of hydrogen-bond acceptors (Lipinski definition) is 4. The smallest absolute Gasteiger partial charge is 0.255 e. The quantitative estimate of drug-likeness (QED) is 0.667. The summed E-state index contributed by atoms with van der Waals surface area (Å²) in [6.45, 7) is 1.83. The molecule has 2 N–H and O–H groups in total. The van der Waals surface area contributed by atoms with Crippen LogP contribution in [0.2, 0.25) is 0 Å². The number of nitrogens with one attached hydrogen (secondary N) is 1. The summed E-state index contributed by atoms with van der Waals surface area (Å²) in [5, 5.41) is 12.7. The Balaban J connectivity index is 1.82. The van der Waals surface area contributed by atoms with E-state index >= 15 is 0 Å². The second-order valence-electron chi connectivity index (χ2n) is 5.94. The maximum Gasteiger partial charge on any atom is 0.255 e. The van der Waals surface area contributed by atoms with Gasteiger partial charge in [-0.2, -0.15) is 0 Å². The van der Waals surface area contributed by atoms with Crippen LogP contribution in [0.3, 0.4) is 0 Å². The van der Waals surface area contributed by atoms with Crippen molar-refractivity contribution in [3.63, 3.8) is 0 Å².